The van der Waals surface area contributed by atoms with Crippen molar-refractivity contribution in [3.05, 3.63) is 58.6 Å². The molecule has 19 heavy (non-hydrogen) atoms. The van der Waals surface area contributed by atoms with Crippen molar-refractivity contribution < 1.29 is 4.79 Å². The van der Waals surface area contributed by atoms with Crippen LogP contribution in [0.2, 0.25) is 5.02 Å². The van der Waals surface area contributed by atoms with Crippen LogP contribution >= 0.6 is 11.6 Å². The molecule has 0 unspecified atom stereocenters. The normalized spacial score (nSPS) is 10.2. The highest BCUT2D eigenvalue weighted by molar-refractivity contribution is 6.33. The number of halogens is 1. The van der Waals surface area contributed by atoms with Crippen LogP contribution in [0.3, 0.4) is 0 Å². The van der Waals surface area contributed by atoms with Crippen LogP contribution in [0.5, 0.6) is 0 Å². The first-order valence-corrected chi connectivity index (χ1v) is 6.33. The molecule has 0 bridgehead atoms. The molecule has 0 aliphatic heterocycles. The predicted octanol–water partition coefficient (Wildman–Crippen LogP) is 3.41. The topological polar surface area (TPSA) is 55.1 Å². The zero-order valence-corrected chi connectivity index (χ0v) is 11.4. The van der Waals surface area contributed by atoms with Gasteiger partial charge in [-0.3, -0.25) is 4.79 Å². The molecule has 0 spiro atoms. The lowest BCUT2D eigenvalue weighted by molar-refractivity contribution is -0.115. The first-order valence-electron chi connectivity index (χ1n) is 5.95. The molecule has 0 fully saturated rings. The third-order valence-electron chi connectivity index (χ3n) is 2.75. The van der Waals surface area contributed by atoms with Gasteiger partial charge >= 0.3 is 0 Å². The molecule has 2 rings (SSSR count). The first-order chi connectivity index (χ1) is 9.04. The van der Waals surface area contributed by atoms with Crippen molar-refractivity contribution in [3.8, 4) is 0 Å². The van der Waals surface area contributed by atoms with Gasteiger partial charge in [0.15, 0.2) is 0 Å². The Morgan fingerprint density at radius 1 is 1.21 bits per heavy atom. The van der Waals surface area contributed by atoms with E-state index in [4.69, 9.17) is 17.3 Å². The molecule has 0 heterocycles. The zero-order chi connectivity index (χ0) is 13.8. The van der Waals surface area contributed by atoms with Gasteiger partial charge in [0.25, 0.3) is 0 Å². The fourth-order valence-electron chi connectivity index (χ4n) is 1.72. The number of carbonyl (C=O) groups is 1. The first kappa shape index (κ1) is 13.4. The molecule has 2 aromatic carbocycles. The molecule has 3 nitrogen and oxygen atoms in total. The van der Waals surface area contributed by atoms with Gasteiger partial charge in [0, 0.05) is 5.69 Å². The van der Waals surface area contributed by atoms with E-state index in [9.17, 15) is 4.79 Å². The van der Waals surface area contributed by atoms with Crippen molar-refractivity contribution in [2.45, 2.75) is 13.3 Å². The molecule has 98 valence electrons. The molecule has 0 aliphatic carbocycles. The number of rotatable bonds is 3. The summed E-state index contributed by atoms with van der Waals surface area (Å²) in [7, 11) is 0. The average molecular weight is 275 g/mol. The Morgan fingerprint density at radius 2 is 1.89 bits per heavy atom. The summed E-state index contributed by atoms with van der Waals surface area (Å²) >= 11 is 5.99. The molecule has 0 radical (unpaired) electrons. The lowest BCUT2D eigenvalue weighted by Crippen LogP contribution is -2.14. The maximum absolute atomic E-state index is 11.9. The summed E-state index contributed by atoms with van der Waals surface area (Å²) in [4.78, 5) is 11.9. The van der Waals surface area contributed by atoms with E-state index in [-0.39, 0.29) is 5.91 Å². The molecule has 4 heteroatoms. The summed E-state index contributed by atoms with van der Waals surface area (Å²) in [5.41, 5.74) is 8.90. The summed E-state index contributed by atoms with van der Waals surface area (Å²) in [6.07, 6.45) is 0.311. The number of aryl methyl sites for hydroxylation is 1. The summed E-state index contributed by atoms with van der Waals surface area (Å²) < 4.78 is 0. The van der Waals surface area contributed by atoms with E-state index >= 15 is 0 Å². The third kappa shape index (κ3) is 3.73. The molecule has 0 aromatic heterocycles. The van der Waals surface area contributed by atoms with E-state index in [1.807, 2.05) is 31.2 Å². The van der Waals surface area contributed by atoms with Crippen molar-refractivity contribution in [3.63, 3.8) is 0 Å². The molecule has 2 aromatic rings. The van der Waals surface area contributed by atoms with Crippen LogP contribution < -0.4 is 11.1 Å². The molecular formula is C15H15ClN2O. The van der Waals surface area contributed by atoms with Crippen LogP contribution in [-0.4, -0.2) is 5.91 Å². The summed E-state index contributed by atoms with van der Waals surface area (Å²) in [5, 5.41) is 3.24. The van der Waals surface area contributed by atoms with Crippen molar-refractivity contribution in [2.24, 2.45) is 0 Å². The van der Waals surface area contributed by atoms with Gasteiger partial charge in [-0.25, -0.2) is 0 Å². The predicted molar refractivity (Wildman–Crippen MR) is 79.4 cm³/mol. The minimum absolute atomic E-state index is 0.114. The molecule has 3 N–H and O–H groups in total. The van der Waals surface area contributed by atoms with E-state index in [1.165, 1.54) is 5.56 Å². The zero-order valence-electron chi connectivity index (χ0n) is 10.6. The highest BCUT2D eigenvalue weighted by Gasteiger charge is 2.07. The lowest BCUT2D eigenvalue weighted by Gasteiger charge is -2.08. The number of amides is 1. The van der Waals surface area contributed by atoms with Crippen LogP contribution in [0.15, 0.2) is 42.5 Å². The Hall–Kier alpha value is -2.00. The quantitative estimate of drug-likeness (QED) is 0.843. The third-order valence-corrected chi connectivity index (χ3v) is 3.08. The van der Waals surface area contributed by atoms with Crippen LogP contribution in [-0.2, 0) is 11.2 Å². The summed E-state index contributed by atoms with van der Waals surface area (Å²) in [6, 6.07) is 12.9. The Labute approximate surface area is 117 Å². The molecule has 0 atom stereocenters. The molecule has 0 aliphatic rings. The van der Waals surface area contributed by atoms with Crippen LogP contribution in [0.25, 0.3) is 0 Å². The fraction of sp³-hybridized carbons (Fsp3) is 0.133. The van der Waals surface area contributed by atoms with E-state index in [2.05, 4.69) is 5.32 Å². The van der Waals surface area contributed by atoms with Crippen molar-refractivity contribution >= 4 is 28.9 Å². The number of hydrogen-bond acceptors (Lipinski definition) is 2. The largest absolute Gasteiger partial charge is 0.399 e. The van der Waals surface area contributed by atoms with Crippen LogP contribution in [0.1, 0.15) is 11.1 Å². The smallest absolute Gasteiger partial charge is 0.228 e. The van der Waals surface area contributed by atoms with E-state index in [1.54, 1.807) is 18.2 Å². The van der Waals surface area contributed by atoms with Gasteiger partial charge in [-0.1, -0.05) is 41.4 Å². The van der Waals surface area contributed by atoms with E-state index < -0.39 is 0 Å². The number of nitrogen functional groups attached to an aromatic ring is 1. The van der Waals surface area contributed by atoms with Crippen LogP contribution in [0.4, 0.5) is 11.4 Å². The van der Waals surface area contributed by atoms with Crippen molar-refractivity contribution in [2.75, 3.05) is 11.1 Å². The monoisotopic (exact) mass is 274 g/mol. The maximum Gasteiger partial charge on any atom is 0.228 e. The minimum atomic E-state index is -0.114. The Morgan fingerprint density at radius 3 is 2.58 bits per heavy atom. The highest BCUT2D eigenvalue weighted by Crippen LogP contribution is 2.24. The Bertz CT molecular complexity index is 594. The van der Waals surface area contributed by atoms with Crippen molar-refractivity contribution in [1.29, 1.82) is 0 Å². The number of nitrogens with two attached hydrogens (primary N) is 1. The molecule has 0 saturated carbocycles. The average Bonchev–Trinajstić information content (AvgIpc) is 2.37. The fourth-order valence-corrected chi connectivity index (χ4v) is 1.89. The lowest BCUT2D eigenvalue weighted by atomic mass is 10.1. The van der Waals surface area contributed by atoms with Crippen molar-refractivity contribution in [1.82, 2.24) is 0 Å². The van der Waals surface area contributed by atoms with Gasteiger partial charge in [-0.2, -0.15) is 0 Å². The van der Waals surface area contributed by atoms with E-state index in [0.717, 1.165) is 5.56 Å². The number of hydrogen-bond donors (Lipinski definition) is 2. The molecule has 0 saturated heterocycles. The number of carbonyl (C=O) groups excluding carboxylic acids is 1. The van der Waals surface area contributed by atoms with Gasteiger partial charge in [-0.15, -0.1) is 0 Å². The van der Waals surface area contributed by atoms with Gasteiger partial charge in [0.2, 0.25) is 5.91 Å². The number of anilines is 2. The Kier molecular flexibility index (Phi) is 4.07. The standard InChI is InChI=1S/C15H15ClN2O/c1-10-2-4-11(5-3-10)8-15(19)18-14-9-12(17)6-7-13(14)16/h2-7,9H,8,17H2,1H3,(H,18,19). The second-order valence-electron chi connectivity index (χ2n) is 4.45. The number of benzene rings is 2. The van der Waals surface area contributed by atoms with Gasteiger partial charge in [-0.05, 0) is 30.7 Å². The van der Waals surface area contributed by atoms with Gasteiger partial charge < -0.3 is 11.1 Å². The summed E-state index contributed by atoms with van der Waals surface area (Å²) in [6.45, 7) is 2.01. The summed E-state index contributed by atoms with van der Waals surface area (Å²) in [5.74, 6) is -0.114. The van der Waals surface area contributed by atoms with Crippen LogP contribution in [0, 0.1) is 6.92 Å². The van der Waals surface area contributed by atoms with Gasteiger partial charge in [0.1, 0.15) is 0 Å². The maximum atomic E-state index is 11.9. The second kappa shape index (κ2) is 5.76. The second-order valence-corrected chi connectivity index (χ2v) is 4.86. The van der Waals surface area contributed by atoms with E-state index in [0.29, 0.717) is 22.8 Å². The number of nitrogens with one attached hydrogen (secondary N) is 1. The molecule has 1 amide bonds. The van der Waals surface area contributed by atoms with Gasteiger partial charge in [0.05, 0.1) is 17.1 Å². The SMILES string of the molecule is Cc1ccc(CC(=O)Nc2cc(N)ccc2Cl)cc1. The minimum Gasteiger partial charge on any atom is -0.399 e. The molecular weight excluding hydrogens is 260 g/mol. The highest BCUT2D eigenvalue weighted by atomic mass is 35.5. The Balaban J connectivity index is 2.05.